The molecule has 0 unspecified atom stereocenters. The van der Waals surface area contributed by atoms with Crippen LogP contribution < -0.4 is 0 Å². The summed E-state index contributed by atoms with van der Waals surface area (Å²) < 4.78 is 0. The minimum Gasteiger partial charge on any atom is -0.256 e. The number of nitrogens with zero attached hydrogens (tertiary/aromatic N) is 5. The number of para-hydroxylation sites is 3. The second-order valence-corrected chi connectivity index (χ2v) is 10.2. The van der Waals surface area contributed by atoms with E-state index in [4.69, 9.17) is 9.97 Å². The average molecular weight is 538 g/mol. The van der Waals surface area contributed by atoms with E-state index in [-0.39, 0.29) is 0 Å². The Hall–Kier alpha value is -5.81. The van der Waals surface area contributed by atoms with Gasteiger partial charge in [-0.2, -0.15) is 0 Å². The molecule has 0 atom stereocenters. The van der Waals surface area contributed by atoms with Crippen molar-refractivity contribution in [3.8, 4) is 45.0 Å². The van der Waals surface area contributed by atoms with Crippen molar-refractivity contribution in [2.75, 3.05) is 0 Å². The van der Waals surface area contributed by atoms with Gasteiger partial charge in [0.05, 0.1) is 27.9 Å². The van der Waals surface area contributed by atoms with E-state index < -0.39 is 0 Å². The number of fused-ring (bicyclic) bond motifs is 3. The first-order valence-electron chi connectivity index (χ1n) is 13.8. The standard InChI is InChI=1S/C37H23N5/c1-4-10-32-27(7-1)26(17-20-38-32)24-13-15-25(16-14-24)37-41-35(30-18-21-39-33-11-5-2-8-28(30)33)23-36(42-37)31-19-22-40-34-12-6-3-9-29(31)34/h1-23H. The SMILES string of the molecule is c1ccc2c(-c3ccc(-c4nc(-c5ccnc6ccccc56)cc(-c5ccnc6ccccc56)n4)cc3)ccnc2c1. The molecule has 4 aromatic heterocycles. The third-order valence-electron chi connectivity index (χ3n) is 7.68. The summed E-state index contributed by atoms with van der Waals surface area (Å²) in [6.07, 6.45) is 5.55. The maximum Gasteiger partial charge on any atom is 0.160 e. The quantitative estimate of drug-likeness (QED) is 0.224. The fraction of sp³-hybridized carbons (Fsp3) is 0. The van der Waals surface area contributed by atoms with E-state index in [1.807, 2.05) is 85.3 Å². The van der Waals surface area contributed by atoms with Crippen LogP contribution >= 0.6 is 0 Å². The molecule has 42 heavy (non-hydrogen) atoms. The maximum absolute atomic E-state index is 5.12. The first-order valence-corrected chi connectivity index (χ1v) is 13.8. The van der Waals surface area contributed by atoms with Crippen molar-refractivity contribution >= 4 is 32.7 Å². The average Bonchev–Trinajstić information content (AvgIpc) is 3.07. The molecular weight excluding hydrogens is 514 g/mol. The molecule has 0 N–H and O–H groups in total. The molecule has 0 spiro atoms. The van der Waals surface area contributed by atoms with Gasteiger partial charge in [-0.3, -0.25) is 15.0 Å². The Labute approximate surface area is 242 Å². The van der Waals surface area contributed by atoms with Crippen LogP contribution in [0.1, 0.15) is 0 Å². The summed E-state index contributed by atoms with van der Waals surface area (Å²) in [7, 11) is 0. The highest BCUT2D eigenvalue weighted by Gasteiger charge is 2.15. The first kappa shape index (κ1) is 24.0. The molecule has 4 heterocycles. The number of aromatic nitrogens is 5. The van der Waals surface area contributed by atoms with Gasteiger partial charge in [0.25, 0.3) is 0 Å². The highest BCUT2D eigenvalue weighted by molar-refractivity contribution is 5.97. The lowest BCUT2D eigenvalue weighted by Crippen LogP contribution is -1.97. The predicted octanol–water partition coefficient (Wildman–Crippen LogP) is 8.79. The molecule has 0 amide bonds. The normalized spacial score (nSPS) is 11.3. The summed E-state index contributed by atoms with van der Waals surface area (Å²) in [5, 5.41) is 3.23. The Kier molecular flexibility index (Phi) is 5.71. The third-order valence-corrected chi connectivity index (χ3v) is 7.68. The van der Waals surface area contributed by atoms with Crippen LogP contribution in [0.5, 0.6) is 0 Å². The van der Waals surface area contributed by atoms with Crippen molar-refractivity contribution in [2.24, 2.45) is 0 Å². The van der Waals surface area contributed by atoms with Gasteiger partial charge in [-0.25, -0.2) is 9.97 Å². The van der Waals surface area contributed by atoms with Gasteiger partial charge in [-0.05, 0) is 53.6 Å². The molecule has 0 radical (unpaired) electrons. The summed E-state index contributed by atoms with van der Waals surface area (Å²) in [4.78, 5) is 23.9. The van der Waals surface area contributed by atoms with E-state index in [0.29, 0.717) is 5.82 Å². The summed E-state index contributed by atoms with van der Waals surface area (Å²) in [6, 6.07) is 41.2. The number of pyridine rings is 3. The third kappa shape index (κ3) is 4.16. The van der Waals surface area contributed by atoms with E-state index in [1.54, 1.807) is 0 Å². The van der Waals surface area contributed by atoms with Crippen molar-refractivity contribution in [1.29, 1.82) is 0 Å². The minimum absolute atomic E-state index is 0.662. The van der Waals surface area contributed by atoms with Gasteiger partial charge >= 0.3 is 0 Å². The van der Waals surface area contributed by atoms with E-state index in [0.717, 1.165) is 71.9 Å². The topological polar surface area (TPSA) is 64.5 Å². The van der Waals surface area contributed by atoms with Crippen molar-refractivity contribution in [3.63, 3.8) is 0 Å². The number of rotatable bonds is 4. The molecule has 0 aliphatic carbocycles. The highest BCUT2D eigenvalue weighted by Crippen LogP contribution is 2.34. The van der Waals surface area contributed by atoms with E-state index in [2.05, 4.69) is 69.5 Å². The fourth-order valence-corrected chi connectivity index (χ4v) is 5.64. The Bertz CT molecular complexity index is 2140. The van der Waals surface area contributed by atoms with Crippen molar-refractivity contribution in [3.05, 3.63) is 140 Å². The Morgan fingerprint density at radius 2 is 0.762 bits per heavy atom. The molecule has 0 aliphatic heterocycles. The van der Waals surface area contributed by atoms with E-state index in [9.17, 15) is 0 Å². The van der Waals surface area contributed by atoms with Crippen LogP contribution in [0.25, 0.3) is 77.7 Å². The lowest BCUT2D eigenvalue weighted by atomic mass is 9.99. The number of hydrogen-bond donors (Lipinski definition) is 0. The van der Waals surface area contributed by atoms with Crippen LogP contribution in [-0.2, 0) is 0 Å². The lowest BCUT2D eigenvalue weighted by molar-refractivity contribution is 1.18. The van der Waals surface area contributed by atoms with E-state index in [1.165, 1.54) is 0 Å². The predicted molar refractivity (Wildman–Crippen MR) is 170 cm³/mol. The molecule has 5 nitrogen and oxygen atoms in total. The zero-order chi connectivity index (χ0) is 27.9. The molecule has 8 rings (SSSR count). The molecule has 0 bridgehead atoms. The van der Waals surface area contributed by atoms with Gasteiger partial charge in [0.2, 0.25) is 0 Å². The van der Waals surface area contributed by atoms with Crippen LogP contribution in [0, 0.1) is 0 Å². The maximum atomic E-state index is 5.12. The molecule has 0 fully saturated rings. The second kappa shape index (κ2) is 9.98. The van der Waals surface area contributed by atoms with Gasteiger partial charge in [0.15, 0.2) is 5.82 Å². The zero-order valence-corrected chi connectivity index (χ0v) is 22.5. The summed E-state index contributed by atoms with van der Waals surface area (Å²) in [5.41, 5.74) is 9.78. The highest BCUT2D eigenvalue weighted by atomic mass is 14.9. The summed E-state index contributed by atoms with van der Waals surface area (Å²) in [6.45, 7) is 0. The van der Waals surface area contributed by atoms with Gasteiger partial charge in [0, 0.05) is 51.4 Å². The largest absolute Gasteiger partial charge is 0.256 e. The Morgan fingerprint density at radius 1 is 0.357 bits per heavy atom. The van der Waals surface area contributed by atoms with Crippen LogP contribution in [0.2, 0.25) is 0 Å². The van der Waals surface area contributed by atoms with Crippen molar-refractivity contribution < 1.29 is 0 Å². The zero-order valence-electron chi connectivity index (χ0n) is 22.5. The van der Waals surface area contributed by atoms with Gasteiger partial charge < -0.3 is 0 Å². The first-order chi connectivity index (χ1) is 20.8. The van der Waals surface area contributed by atoms with Gasteiger partial charge in [-0.15, -0.1) is 0 Å². The monoisotopic (exact) mass is 537 g/mol. The smallest absolute Gasteiger partial charge is 0.160 e. The van der Waals surface area contributed by atoms with Crippen LogP contribution in [0.15, 0.2) is 140 Å². The van der Waals surface area contributed by atoms with Crippen LogP contribution in [0.3, 0.4) is 0 Å². The number of benzene rings is 4. The Morgan fingerprint density at radius 3 is 1.26 bits per heavy atom. The fourth-order valence-electron chi connectivity index (χ4n) is 5.64. The van der Waals surface area contributed by atoms with Gasteiger partial charge in [-0.1, -0.05) is 78.9 Å². The molecule has 0 saturated carbocycles. The summed E-state index contributed by atoms with van der Waals surface area (Å²) in [5.74, 6) is 0.662. The second-order valence-electron chi connectivity index (χ2n) is 10.2. The molecule has 8 aromatic rings. The molecule has 196 valence electrons. The van der Waals surface area contributed by atoms with Crippen molar-refractivity contribution in [1.82, 2.24) is 24.9 Å². The molecular formula is C37H23N5. The number of hydrogen-bond acceptors (Lipinski definition) is 5. The molecule has 5 heteroatoms. The van der Waals surface area contributed by atoms with Gasteiger partial charge in [0.1, 0.15) is 0 Å². The lowest BCUT2D eigenvalue weighted by Gasteiger charge is -2.12. The minimum atomic E-state index is 0.662. The van der Waals surface area contributed by atoms with E-state index >= 15 is 0 Å². The van der Waals surface area contributed by atoms with Crippen molar-refractivity contribution in [2.45, 2.75) is 0 Å². The Balaban J connectivity index is 1.31. The molecule has 4 aromatic carbocycles. The van der Waals surface area contributed by atoms with Crippen LogP contribution in [-0.4, -0.2) is 24.9 Å². The van der Waals surface area contributed by atoms with Crippen LogP contribution in [0.4, 0.5) is 0 Å². The molecule has 0 saturated heterocycles. The summed E-state index contributed by atoms with van der Waals surface area (Å²) >= 11 is 0. The molecule has 0 aliphatic rings.